The van der Waals surface area contributed by atoms with Crippen LogP contribution in [0, 0.1) is 0 Å². The summed E-state index contributed by atoms with van der Waals surface area (Å²) in [7, 11) is 0. The van der Waals surface area contributed by atoms with Gasteiger partial charge in [-0.2, -0.15) is 0 Å². The first-order valence-corrected chi connectivity index (χ1v) is 9.91. The van der Waals surface area contributed by atoms with Gasteiger partial charge in [0, 0.05) is 35.4 Å². The fourth-order valence-electron chi connectivity index (χ4n) is 3.14. The minimum absolute atomic E-state index is 0.0770. The van der Waals surface area contributed by atoms with Crippen molar-refractivity contribution in [3.8, 4) is 11.1 Å². The molecule has 0 aliphatic carbocycles. The van der Waals surface area contributed by atoms with Gasteiger partial charge >= 0.3 is 0 Å². The number of aromatic amines is 1. The van der Waals surface area contributed by atoms with Crippen molar-refractivity contribution in [3.63, 3.8) is 0 Å². The Balaban J connectivity index is 1.59. The Hall–Kier alpha value is -2.48. The van der Waals surface area contributed by atoms with Crippen molar-refractivity contribution in [2.75, 3.05) is 19.7 Å². The van der Waals surface area contributed by atoms with E-state index >= 15 is 0 Å². The van der Waals surface area contributed by atoms with Crippen LogP contribution in [0.4, 0.5) is 0 Å². The summed E-state index contributed by atoms with van der Waals surface area (Å²) >= 11 is 1.39. The predicted octanol–water partition coefficient (Wildman–Crippen LogP) is 2.78. The molecule has 140 valence electrons. The molecule has 6 nitrogen and oxygen atoms in total. The number of nitrogens with zero attached hydrogens (tertiary/aromatic N) is 1. The maximum atomic E-state index is 12.2. The Morgan fingerprint density at radius 2 is 2.26 bits per heavy atom. The molecule has 0 radical (unpaired) electrons. The molecule has 27 heavy (non-hydrogen) atoms. The Morgan fingerprint density at radius 1 is 1.37 bits per heavy atom. The van der Waals surface area contributed by atoms with Gasteiger partial charge in [0.05, 0.1) is 11.5 Å². The van der Waals surface area contributed by atoms with E-state index in [-0.39, 0.29) is 18.6 Å². The third-order valence-corrected chi connectivity index (χ3v) is 5.58. The van der Waals surface area contributed by atoms with E-state index < -0.39 is 0 Å². The van der Waals surface area contributed by atoms with Gasteiger partial charge in [0.1, 0.15) is 5.65 Å². The van der Waals surface area contributed by atoms with Crippen LogP contribution >= 0.6 is 11.3 Å². The standard InChI is InChI=1S/C20H22N4O2S/c1-12(10-25)23-20(26)18-7-16(11-27-18)15-5-14-6-17(24-19(14)22-9-15)13-3-2-4-21-8-13/h3,5-7,9,11-12,21,25H,2,4,8,10H2,1H3,(H,22,24)(H,23,26)/t12-/m1/s1. The Morgan fingerprint density at radius 3 is 3.04 bits per heavy atom. The van der Waals surface area contributed by atoms with Gasteiger partial charge in [-0.3, -0.25) is 4.79 Å². The van der Waals surface area contributed by atoms with Crippen molar-refractivity contribution in [1.82, 2.24) is 20.6 Å². The van der Waals surface area contributed by atoms with Crippen LogP contribution in [0.3, 0.4) is 0 Å². The monoisotopic (exact) mass is 382 g/mol. The molecular weight excluding hydrogens is 360 g/mol. The lowest BCUT2D eigenvalue weighted by molar-refractivity contribution is 0.0926. The molecule has 0 bridgehead atoms. The maximum absolute atomic E-state index is 12.2. The van der Waals surface area contributed by atoms with E-state index in [1.807, 2.05) is 17.6 Å². The molecule has 1 amide bonds. The molecule has 0 spiro atoms. The van der Waals surface area contributed by atoms with Crippen molar-refractivity contribution < 1.29 is 9.90 Å². The van der Waals surface area contributed by atoms with Crippen LogP contribution in [0.25, 0.3) is 27.7 Å². The number of pyridine rings is 1. The second-order valence-corrected chi connectivity index (χ2v) is 7.71. The van der Waals surface area contributed by atoms with Gasteiger partial charge in [-0.25, -0.2) is 4.98 Å². The van der Waals surface area contributed by atoms with Crippen molar-refractivity contribution in [2.24, 2.45) is 0 Å². The first-order chi connectivity index (χ1) is 13.1. The highest BCUT2D eigenvalue weighted by molar-refractivity contribution is 7.12. The summed E-state index contributed by atoms with van der Waals surface area (Å²) in [5.41, 5.74) is 5.19. The summed E-state index contributed by atoms with van der Waals surface area (Å²) < 4.78 is 0. The van der Waals surface area contributed by atoms with E-state index in [9.17, 15) is 4.79 Å². The highest BCUT2D eigenvalue weighted by Gasteiger charge is 2.14. The van der Waals surface area contributed by atoms with E-state index in [4.69, 9.17) is 5.11 Å². The van der Waals surface area contributed by atoms with Crippen molar-refractivity contribution in [1.29, 1.82) is 0 Å². The molecule has 0 aromatic carbocycles. The van der Waals surface area contributed by atoms with Gasteiger partial charge in [-0.05, 0) is 54.6 Å². The first-order valence-electron chi connectivity index (χ1n) is 9.03. The topological polar surface area (TPSA) is 90.0 Å². The van der Waals surface area contributed by atoms with Crippen molar-refractivity contribution in [2.45, 2.75) is 19.4 Å². The van der Waals surface area contributed by atoms with Gasteiger partial charge in [-0.1, -0.05) is 6.08 Å². The first kappa shape index (κ1) is 17.9. The smallest absolute Gasteiger partial charge is 0.261 e. The minimum atomic E-state index is -0.261. The number of carbonyl (C=O) groups is 1. The number of H-pyrrole nitrogens is 1. The van der Waals surface area contributed by atoms with Crippen molar-refractivity contribution >= 4 is 33.9 Å². The van der Waals surface area contributed by atoms with Gasteiger partial charge in [0.25, 0.3) is 5.91 Å². The second-order valence-electron chi connectivity index (χ2n) is 6.80. The van der Waals surface area contributed by atoms with E-state index in [1.54, 1.807) is 6.92 Å². The lowest BCUT2D eigenvalue weighted by Crippen LogP contribution is -2.34. The van der Waals surface area contributed by atoms with Crippen LogP contribution in [-0.2, 0) is 0 Å². The number of aliphatic hydroxyl groups is 1. The lowest BCUT2D eigenvalue weighted by atomic mass is 10.1. The molecule has 1 atom stereocenters. The van der Waals surface area contributed by atoms with Crippen LogP contribution < -0.4 is 10.6 Å². The highest BCUT2D eigenvalue weighted by atomic mass is 32.1. The number of carbonyl (C=O) groups excluding carboxylic acids is 1. The molecule has 7 heteroatoms. The number of aliphatic hydroxyl groups excluding tert-OH is 1. The van der Waals surface area contributed by atoms with Crippen LogP contribution in [0.2, 0.25) is 0 Å². The molecule has 0 unspecified atom stereocenters. The molecule has 0 saturated heterocycles. The van der Waals surface area contributed by atoms with E-state index in [2.05, 4.69) is 38.8 Å². The third-order valence-electron chi connectivity index (χ3n) is 4.65. The predicted molar refractivity (Wildman–Crippen MR) is 109 cm³/mol. The molecule has 0 fully saturated rings. The fraction of sp³-hybridized carbons (Fsp3) is 0.300. The third kappa shape index (κ3) is 3.80. The molecule has 3 aromatic heterocycles. The van der Waals surface area contributed by atoms with E-state index in [0.29, 0.717) is 4.88 Å². The number of thiophene rings is 1. The Kier molecular flexibility index (Phi) is 5.07. The highest BCUT2D eigenvalue weighted by Crippen LogP contribution is 2.29. The Labute approximate surface area is 161 Å². The van der Waals surface area contributed by atoms with E-state index in [1.165, 1.54) is 16.9 Å². The quantitative estimate of drug-likeness (QED) is 0.546. The van der Waals surface area contributed by atoms with Crippen molar-refractivity contribution in [3.05, 3.63) is 46.4 Å². The number of fused-ring (bicyclic) bond motifs is 1. The minimum Gasteiger partial charge on any atom is -0.394 e. The molecule has 1 aliphatic rings. The molecule has 4 rings (SSSR count). The summed E-state index contributed by atoms with van der Waals surface area (Å²) in [4.78, 5) is 20.8. The molecule has 1 aliphatic heterocycles. The zero-order valence-electron chi connectivity index (χ0n) is 15.1. The molecule has 4 N–H and O–H groups in total. The van der Waals surface area contributed by atoms with E-state index in [0.717, 1.165) is 47.4 Å². The average Bonchev–Trinajstić information content (AvgIpc) is 3.35. The zero-order chi connectivity index (χ0) is 18.8. The fourth-order valence-corrected chi connectivity index (χ4v) is 3.96. The summed E-state index contributed by atoms with van der Waals surface area (Å²) in [6, 6.07) is 5.84. The summed E-state index contributed by atoms with van der Waals surface area (Å²) in [5, 5.41) is 18.3. The number of hydrogen-bond acceptors (Lipinski definition) is 5. The average molecular weight is 382 g/mol. The Bertz CT molecular complexity index is 1000. The number of amides is 1. The SMILES string of the molecule is C[C@H](CO)NC(=O)c1cc(-c2cnc3[nH]c(C4=CCCNC4)cc3c2)cs1. The largest absolute Gasteiger partial charge is 0.394 e. The van der Waals surface area contributed by atoms with Gasteiger partial charge in [-0.15, -0.1) is 11.3 Å². The van der Waals surface area contributed by atoms with Gasteiger partial charge < -0.3 is 20.7 Å². The van der Waals surface area contributed by atoms with Crippen LogP contribution in [0.5, 0.6) is 0 Å². The van der Waals surface area contributed by atoms with Crippen LogP contribution in [0.1, 0.15) is 28.7 Å². The summed E-state index contributed by atoms with van der Waals surface area (Å²) in [5.74, 6) is -0.164. The maximum Gasteiger partial charge on any atom is 0.261 e. The van der Waals surface area contributed by atoms with Crippen LogP contribution in [-0.4, -0.2) is 46.7 Å². The normalized spacial score (nSPS) is 15.6. The molecule has 4 heterocycles. The van der Waals surface area contributed by atoms with Gasteiger partial charge in [0.15, 0.2) is 0 Å². The second kappa shape index (κ2) is 7.64. The zero-order valence-corrected chi connectivity index (χ0v) is 15.9. The number of aromatic nitrogens is 2. The number of nitrogens with one attached hydrogen (secondary N) is 3. The molecule has 0 saturated carbocycles. The number of hydrogen-bond donors (Lipinski definition) is 4. The van der Waals surface area contributed by atoms with Gasteiger partial charge in [0.2, 0.25) is 0 Å². The number of rotatable bonds is 5. The molecular formula is C20H22N4O2S. The van der Waals surface area contributed by atoms with Crippen LogP contribution in [0.15, 0.2) is 35.9 Å². The summed E-state index contributed by atoms with van der Waals surface area (Å²) in [6.45, 7) is 3.59. The lowest BCUT2D eigenvalue weighted by Gasteiger charge is -2.12. The summed E-state index contributed by atoms with van der Waals surface area (Å²) in [6.07, 6.45) is 5.13. The molecule has 3 aromatic rings.